The fraction of sp³-hybridized carbons (Fsp3) is 0.400. The molecule has 154 valence electrons. The standard InChI is InChI=1S/C20H21NO8/c22-10-3-1-2-9(8-10)6-7-21-17(23)13-11-4-5-12(14(13)18(24)25)16(20(28)29)15(11)19(26)27/h1-5,8,11-16,22H,6-7H2,(H,21,23)(H,24,25)(H,26,27)(H,28,29). The zero-order chi connectivity index (χ0) is 21.3. The van der Waals surface area contributed by atoms with Crippen LogP contribution in [0.2, 0.25) is 0 Å². The lowest BCUT2D eigenvalue weighted by atomic mass is 9.53. The summed E-state index contributed by atoms with van der Waals surface area (Å²) in [6, 6.07) is 6.46. The summed E-state index contributed by atoms with van der Waals surface area (Å²) in [4.78, 5) is 48.0. The minimum Gasteiger partial charge on any atom is -0.508 e. The summed E-state index contributed by atoms with van der Waals surface area (Å²) in [5, 5.41) is 40.8. The quantitative estimate of drug-likeness (QED) is 0.413. The van der Waals surface area contributed by atoms with Crippen molar-refractivity contribution in [2.24, 2.45) is 35.5 Å². The molecule has 0 aromatic heterocycles. The molecule has 5 N–H and O–H groups in total. The Labute approximate surface area is 165 Å². The number of rotatable bonds is 7. The Kier molecular flexibility index (Phi) is 5.58. The van der Waals surface area contributed by atoms with Gasteiger partial charge in [-0.15, -0.1) is 0 Å². The van der Waals surface area contributed by atoms with Crippen LogP contribution >= 0.6 is 0 Å². The van der Waals surface area contributed by atoms with E-state index in [4.69, 9.17) is 0 Å². The average Bonchev–Trinajstić information content (AvgIpc) is 2.66. The molecule has 6 unspecified atom stereocenters. The van der Waals surface area contributed by atoms with Crippen molar-refractivity contribution in [2.45, 2.75) is 6.42 Å². The van der Waals surface area contributed by atoms with Crippen LogP contribution in [0.3, 0.4) is 0 Å². The number of fused-ring (bicyclic) bond motifs is 2. The van der Waals surface area contributed by atoms with Gasteiger partial charge in [0.05, 0.1) is 23.7 Å². The fourth-order valence-corrected chi connectivity index (χ4v) is 4.59. The first-order chi connectivity index (χ1) is 13.7. The molecule has 0 aliphatic heterocycles. The van der Waals surface area contributed by atoms with Crippen LogP contribution in [0, 0.1) is 35.5 Å². The Balaban J connectivity index is 1.80. The Morgan fingerprint density at radius 2 is 1.34 bits per heavy atom. The topological polar surface area (TPSA) is 161 Å². The van der Waals surface area contributed by atoms with Crippen LogP contribution in [0.25, 0.3) is 0 Å². The summed E-state index contributed by atoms with van der Waals surface area (Å²) < 4.78 is 0. The molecular formula is C20H21NO8. The van der Waals surface area contributed by atoms with Gasteiger partial charge < -0.3 is 25.7 Å². The Morgan fingerprint density at radius 3 is 1.86 bits per heavy atom. The second kappa shape index (κ2) is 7.94. The average molecular weight is 403 g/mol. The van der Waals surface area contributed by atoms with Crippen LogP contribution in [0.1, 0.15) is 5.56 Å². The van der Waals surface area contributed by atoms with Gasteiger partial charge in [0.15, 0.2) is 0 Å². The second-order valence-electron chi connectivity index (χ2n) is 7.37. The summed E-state index contributed by atoms with van der Waals surface area (Å²) in [6.45, 7) is 0.159. The van der Waals surface area contributed by atoms with Crippen molar-refractivity contribution in [1.29, 1.82) is 0 Å². The number of aromatic hydroxyl groups is 1. The SMILES string of the molecule is O=C(O)C1C2C=CC(C1C(=O)O)C(C(=O)NCCc1cccc(O)c1)C2C(=O)O. The highest BCUT2D eigenvalue weighted by Gasteiger charge is 2.60. The van der Waals surface area contributed by atoms with E-state index < -0.39 is 59.3 Å². The largest absolute Gasteiger partial charge is 0.508 e. The van der Waals surface area contributed by atoms with Gasteiger partial charge in [-0.3, -0.25) is 19.2 Å². The lowest BCUT2D eigenvalue weighted by Gasteiger charge is -2.48. The highest BCUT2D eigenvalue weighted by atomic mass is 16.4. The molecule has 4 rings (SSSR count). The Hall–Kier alpha value is -3.36. The van der Waals surface area contributed by atoms with Gasteiger partial charge in [-0.25, -0.2) is 0 Å². The summed E-state index contributed by atoms with van der Waals surface area (Å²) in [6.07, 6.45) is 3.26. The number of aliphatic carboxylic acids is 3. The molecule has 9 heteroatoms. The van der Waals surface area contributed by atoms with Gasteiger partial charge in [0.2, 0.25) is 5.91 Å². The van der Waals surface area contributed by atoms with Gasteiger partial charge in [-0.2, -0.15) is 0 Å². The summed E-state index contributed by atoms with van der Waals surface area (Å²) in [5.74, 6) is -12.0. The number of phenolic OH excluding ortho intramolecular Hbond substituents is 1. The third kappa shape index (κ3) is 3.80. The number of carbonyl (C=O) groups is 4. The summed E-state index contributed by atoms with van der Waals surface area (Å²) >= 11 is 0. The number of hydrogen-bond acceptors (Lipinski definition) is 5. The minimum absolute atomic E-state index is 0.0820. The molecule has 0 saturated heterocycles. The van der Waals surface area contributed by atoms with Crippen LogP contribution in [0.5, 0.6) is 5.75 Å². The van der Waals surface area contributed by atoms with E-state index in [0.717, 1.165) is 5.56 Å². The monoisotopic (exact) mass is 403 g/mol. The molecule has 0 radical (unpaired) electrons. The molecule has 9 nitrogen and oxygen atoms in total. The first-order valence-electron chi connectivity index (χ1n) is 9.14. The van der Waals surface area contributed by atoms with Gasteiger partial charge in [-0.05, 0) is 24.1 Å². The number of nitrogens with one attached hydrogen (secondary N) is 1. The van der Waals surface area contributed by atoms with Crippen molar-refractivity contribution in [3.63, 3.8) is 0 Å². The maximum atomic E-state index is 12.8. The van der Waals surface area contributed by atoms with E-state index in [1.165, 1.54) is 24.3 Å². The first kappa shape index (κ1) is 20.4. The van der Waals surface area contributed by atoms with Crippen LogP contribution < -0.4 is 5.32 Å². The van der Waals surface area contributed by atoms with E-state index in [-0.39, 0.29) is 12.3 Å². The summed E-state index contributed by atoms with van der Waals surface area (Å²) in [5.41, 5.74) is 0.763. The molecule has 0 spiro atoms. The van der Waals surface area contributed by atoms with E-state index >= 15 is 0 Å². The molecule has 0 heterocycles. The van der Waals surface area contributed by atoms with Crippen molar-refractivity contribution < 1.29 is 39.6 Å². The van der Waals surface area contributed by atoms with Crippen LogP contribution in [0.15, 0.2) is 36.4 Å². The van der Waals surface area contributed by atoms with Crippen LogP contribution in [-0.4, -0.2) is 50.8 Å². The van der Waals surface area contributed by atoms with Gasteiger partial charge >= 0.3 is 17.9 Å². The zero-order valence-corrected chi connectivity index (χ0v) is 15.3. The Morgan fingerprint density at radius 1 is 0.828 bits per heavy atom. The number of carboxylic acid groups (broad SMARTS) is 3. The van der Waals surface area contributed by atoms with Crippen molar-refractivity contribution >= 4 is 23.8 Å². The highest BCUT2D eigenvalue weighted by Crippen LogP contribution is 2.51. The Bertz CT molecular complexity index is 879. The number of amides is 1. The predicted molar refractivity (Wildman–Crippen MR) is 97.8 cm³/mol. The van der Waals surface area contributed by atoms with E-state index in [2.05, 4.69) is 5.32 Å². The maximum Gasteiger partial charge on any atom is 0.308 e. The lowest BCUT2D eigenvalue weighted by Crippen LogP contribution is -2.59. The number of carboxylic acids is 3. The molecular weight excluding hydrogens is 382 g/mol. The third-order valence-corrected chi connectivity index (χ3v) is 5.77. The lowest BCUT2D eigenvalue weighted by molar-refractivity contribution is -0.173. The molecule has 1 saturated carbocycles. The smallest absolute Gasteiger partial charge is 0.308 e. The van der Waals surface area contributed by atoms with Crippen molar-refractivity contribution in [2.75, 3.05) is 6.54 Å². The highest BCUT2D eigenvalue weighted by molar-refractivity contribution is 5.90. The minimum atomic E-state index is -1.40. The summed E-state index contributed by atoms with van der Waals surface area (Å²) in [7, 11) is 0. The van der Waals surface area contributed by atoms with E-state index in [9.17, 15) is 39.6 Å². The second-order valence-corrected chi connectivity index (χ2v) is 7.37. The molecule has 3 aliphatic rings. The predicted octanol–water partition coefficient (Wildman–Crippen LogP) is 0.585. The van der Waals surface area contributed by atoms with Gasteiger partial charge in [0.1, 0.15) is 5.75 Å². The normalized spacial score (nSPS) is 29.9. The number of benzene rings is 1. The van der Waals surface area contributed by atoms with Crippen molar-refractivity contribution in [3.8, 4) is 5.75 Å². The third-order valence-electron chi connectivity index (χ3n) is 5.77. The fourth-order valence-electron chi connectivity index (χ4n) is 4.59. The molecule has 1 fully saturated rings. The molecule has 29 heavy (non-hydrogen) atoms. The van der Waals surface area contributed by atoms with E-state index in [1.807, 2.05) is 0 Å². The number of allylic oxidation sites excluding steroid dienone is 2. The first-order valence-corrected chi connectivity index (χ1v) is 9.14. The van der Waals surface area contributed by atoms with Crippen LogP contribution in [-0.2, 0) is 25.6 Å². The number of phenols is 1. The molecule has 1 aromatic rings. The van der Waals surface area contributed by atoms with Gasteiger partial charge in [-0.1, -0.05) is 24.3 Å². The molecule has 6 atom stereocenters. The molecule has 1 aromatic carbocycles. The molecule has 3 aliphatic carbocycles. The zero-order valence-electron chi connectivity index (χ0n) is 15.3. The van der Waals surface area contributed by atoms with Gasteiger partial charge in [0, 0.05) is 18.4 Å². The van der Waals surface area contributed by atoms with Crippen molar-refractivity contribution in [3.05, 3.63) is 42.0 Å². The van der Waals surface area contributed by atoms with E-state index in [1.54, 1.807) is 12.1 Å². The van der Waals surface area contributed by atoms with Gasteiger partial charge in [0.25, 0.3) is 0 Å². The van der Waals surface area contributed by atoms with E-state index in [0.29, 0.717) is 6.42 Å². The number of carbonyl (C=O) groups excluding carboxylic acids is 1. The molecule has 1 amide bonds. The van der Waals surface area contributed by atoms with Crippen molar-refractivity contribution in [1.82, 2.24) is 5.32 Å². The maximum absolute atomic E-state index is 12.8. The molecule has 2 bridgehead atoms. The van der Waals surface area contributed by atoms with Crippen LogP contribution in [0.4, 0.5) is 0 Å². The number of hydrogen-bond donors (Lipinski definition) is 5.